The Kier molecular flexibility index (Phi) is 4.30. The van der Waals surface area contributed by atoms with E-state index in [0.29, 0.717) is 5.56 Å². The van der Waals surface area contributed by atoms with Gasteiger partial charge in [-0.25, -0.2) is 9.18 Å². The number of hydrogen-bond donors (Lipinski definition) is 3. The average molecular weight is 288 g/mol. The van der Waals surface area contributed by atoms with Gasteiger partial charge >= 0.3 is 5.97 Å². The van der Waals surface area contributed by atoms with E-state index in [2.05, 4.69) is 5.32 Å². The third kappa shape index (κ3) is 3.43. The molecule has 108 valence electrons. The van der Waals surface area contributed by atoms with Crippen LogP contribution in [0.15, 0.2) is 48.5 Å². The molecule has 1 atom stereocenters. The Hall–Kier alpha value is -2.73. The third-order valence-corrected chi connectivity index (χ3v) is 2.91. The molecular formula is C15H13FN2O3. The van der Waals surface area contributed by atoms with E-state index in [9.17, 15) is 14.0 Å². The zero-order chi connectivity index (χ0) is 15.4. The summed E-state index contributed by atoms with van der Waals surface area (Å²) < 4.78 is 13.5. The number of nitrogens with two attached hydrogens (primary N) is 1. The highest BCUT2D eigenvalue weighted by Gasteiger charge is 2.17. The molecule has 0 aliphatic heterocycles. The van der Waals surface area contributed by atoms with E-state index in [1.807, 2.05) is 0 Å². The predicted molar refractivity (Wildman–Crippen MR) is 75.4 cm³/mol. The van der Waals surface area contributed by atoms with Gasteiger partial charge in [-0.2, -0.15) is 0 Å². The first-order valence-corrected chi connectivity index (χ1v) is 6.13. The maximum Gasteiger partial charge on any atom is 0.338 e. The Balaban J connectivity index is 2.13. The van der Waals surface area contributed by atoms with Gasteiger partial charge in [0.05, 0.1) is 5.56 Å². The van der Waals surface area contributed by atoms with Crippen LogP contribution >= 0.6 is 0 Å². The van der Waals surface area contributed by atoms with E-state index in [-0.39, 0.29) is 5.69 Å². The molecule has 0 unspecified atom stereocenters. The Morgan fingerprint density at radius 2 is 1.81 bits per heavy atom. The number of halogens is 1. The van der Waals surface area contributed by atoms with Crippen LogP contribution < -0.4 is 11.1 Å². The predicted octanol–water partition coefficient (Wildman–Crippen LogP) is 2.16. The summed E-state index contributed by atoms with van der Waals surface area (Å²) in [7, 11) is 0. The summed E-state index contributed by atoms with van der Waals surface area (Å²) in [6.45, 7) is 0. The lowest BCUT2D eigenvalue weighted by molar-refractivity contribution is -0.117. The van der Waals surface area contributed by atoms with Gasteiger partial charge in [-0.3, -0.25) is 4.79 Å². The van der Waals surface area contributed by atoms with Crippen LogP contribution in [0.25, 0.3) is 0 Å². The second-order valence-electron chi connectivity index (χ2n) is 4.38. The van der Waals surface area contributed by atoms with E-state index >= 15 is 0 Å². The summed E-state index contributed by atoms with van der Waals surface area (Å²) in [4.78, 5) is 22.7. The van der Waals surface area contributed by atoms with Crippen molar-refractivity contribution in [1.29, 1.82) is 0 Å². The minimum atomic E-state index is -1.37. The molecule has 2 aromatic rings. The van der Waals surface area contributed by atoms with E-state index in [4.69, 9.17) is 10.8 Å². The number of benzene rings is 2. The number of carbonyl (C=O) groups is 2. The molecule has 0 fully saturated rings. The first kappa shape index (κ1) is 14.7. The van der Waals surface area contributed by atoms with Gasteiger partial charge in [-0.1, -0.05) is 30.3 Å². The van der Waals surface area contributed by atoms with Crippen molar-refractivity contribution in [3.63, 3.8) is 0 Å². The van der Waals surface area contributed by atoms with Crippen LogP contribution in [0.2, 0.25) is 0 Å². The molecule has 0 saturated carbocycles. The molecule has 0 saturated heterocycles. The summed E-state index contributed by atoms with van der Waals surface area (Å²) in [5.41, 5.74) is 6.11. The van der Waals surface area contributed by atoms with E-state index in [1.54, 1.807) is 30.3 Å². The van der Waals surface area contributed by atoms with E-state index in [1.165, 1.54) is 6.07 Å². The summed E-state index contributed by atoms with van der Waals surface area (Å²) in [6, 6.07) is 11.2. The second kappa shape index (κ2) is 6.15. The van der Waals surface area contributed by atoms with Crippen molar-refractivity contribution in [1.82, 2.24) is 0 Å². The largest absolute Gasteiger partial charge is 0.478 e. The molecular weight excluding hydrogens is 275 g/mol. The van der Waals surface area contributed by atoms with Crippen LogP contribution in [0, 0.1) is 5.82 Å². The maximum absolute atomic E-state index is 13.5. The molecule has 6 heteroatoms. The Morgan fingerprint density at radius 3 is 2.38 bits per heavy atom. The van der Waals surface area contributed by atoms with Crippen molar-refractivity contribution in [2.45, 2.75) is 6.04 Å². The van der Waals surface area contributed by atoms with Crippen molar-refractivity contribution in [3.05, 3.63) is 65.5 Å². The van der Waals surface area contributed by atoms with E-state index in [0.717, 1.165) is 12.1 Å². The molecule has 5 nitrogen and oxygen atoms in total. The topological polar surface area (TPSA) is 92.4 Å². The zero-order valence-electron chi connectivity index (χ0n) is 10.9. The minimum absolute atomic E-state index is 0.147. The van der Waals surface area contributed by atoms with Gasteiger partial charge in [0.2, 0.25) is 5.91 Å². The number of carbonyl (C=O) groups excluding carboxylic acids is 1. The first-order chi connectivity index (χ1) is 9.99. The number of carboxylic acids is 1. The number of nitrogens with one attached hydrogen (secondary N) is 1. The lowest BCUT2D eigenvalue weighted by Crippen LogP contribution is -2.27. The monoisotopic (exact) mass is 288 g/mol. The molecule has 0 spiro atoms. The number of anilines is 1. The van der Waals surface area contributed by atoms with Gasteiger partial charge in [0.15, 0.2) is 0 Å². The molecule has 2 rings (SSSR count). The normalized spacial score (nSPS) is 11.7. The molecule has 4 N–H and O–H groups in total. The number of carboxylic acid groups (broad SMARTS) is 1. The summed E-state index contributed by atoms with van der Waals surface area (Å²) >= 11 is 0. The van der Waals surface area contributed by atoms with Crippen molar-refractivity contribution < 1.29 is 19.1 Å². The van der Waals surface area contributed by atoms with Crippen LogP contribution in [-0.2, 0) is 4.79 Å². The van der Waals surface area contributed by atoms with Crippen LogP contribution in [-0.4, -0.2) is 17.0 Å². The van der Waals surface area contributed by atoms with Crippen LogP contribution in [0.3, 0.4) is 0 Å². The maximum atomic E-state index is 13.5. The molecule has 0 aliphatic rings. The molecule has 0 bridgehead atoms. The Bertz CT molecular complexity index is 674. The van der Waals surface area contributed by atoms with Gasteiger partial charge in [-0.05, 0) is 23.8 Å². The molecule has 2 aromatic carbocycles. The van der Waals surface area contributed by atoms with Gasteiger partial charge in [0.1, 0.15) is 11.9 Å². The molecule has 0 aliphatic carbocycles. The minimum Gasteiger partial charge on any atom is -0.478 e. The summed E-state index contributed by atoms with van der Waals surface area (Å²) in [5, 5.41) is 11.2. The van der Waals surface area contributed by atoms with Crippen molar-refractivity contribution in [3.8, 4) is 0 Å². The second-order valence-corrected chi connectivity index (χ2v) is 4.38. The van der Waals surface area contributed by atoms with Crippen molar-refractivity contribution >= 4 is 17.6 Å². The molecule has 21 heavy (non-hydrogen) atoms. The zero-order valence-corrected chi connectivity index (χ0v) is 10.9. The van der Waals surface area contributed by atoms with Gasteiger partial charge in [0, 0.05) is 5.69 Å². The number of aromatic carboxylic acids is 1. The Morgan fingerprint density at radius 1 is 1.14 bits per heavy atom. The van der Waals surface area contributed by atoms with Crippen LogP contribution in [0.5, 0.6) is 0 Å². The quantitative estimate of drug-likeness (QED) is 0.803. The standard InChI is InChI=1S/C15H13FN2O3/c16-12-8-10(6-7-11(12)15(20)21)18-14(19)13(17)9-4-2-1-3-5-9/h1-8,13H,17H2,(H,18,19)(H,20,21)/t13-/m0/s1. The number of amides is 1. The lowest BCUT2D eigenvalue weighted by atomic mass is 10.1. The summed E-state index contributed by atoms with van der Waals surface area (Å²) in [5.74, 6) is -2.80. The molecule has 0 heterocycles. The van der Waals surface area contributed by atoms with Gasteiger partial charge < -0.3 is 16.2 Å². The van der Waals surface area contributed by atoms with E-state index < -0.39 is 29.3 Å². The fourth-order valence-corrected chi connectivity index (χ4v) is 1.80. The molecule has 0 radical (unpaired) electrons. The van der Waals surface area contributed by atoms with Crippen molar-refractivity contribution in [2.24, 2.45) is 5.73 Å². The molecule has 0 aromatic heterocycles. The van der Waals surface area contributed by atoms with Crippen LogP contribution in [0.4, 0.5) is 10.1 Å². The highest BCUT2D eigenvalue weighted by Crippen LogP contribution is 2.17. The smallest absolute Gasteiger partial charge is 0.338 e. The number of hydrogen-bond acceptors (Lipinski definition) is 3. The fraction of sp³-hybridized carbons (Fsp3) is 0.0667. The molecule has 1 amide bonds. The Labute approximate surface area is 120 Å². The summed E-state index contributed by atoms with van der Waals surface area (Å²) in [6.07, 6.45) is 0. The third-order valence-electron chi connectivity index (χ3n) is 2.91. The highest BCUT2D eigenvalue weighted by atomic mass is 19.1. The van der Waals surface area contributed by atoms with Crippen LogP contribution in [0.1, 0.15) is 22.0 Å². The first-order valence-electron chi connectivity index (χ1n) is 6.13. The van der Waals surface area contributed by atoms with Crippen molar-refractivity contribution in [2.75, 3.05) is 5.32 Å². The average Bonchev–Trinajstić information content (AvgIpc) is 2.47. The SMILES string of the molecule is N[C@H](C(=O)Nc1ccc(C(=O)O)c(F)c1)c1ccccc1. The van der Waals surface area contributed by atoms with Gasteiger partial charge in [0.25, 0.3) is 0 Å². The highest BCUT2D eigenvalue weighted by molar-refractivity contribution is 5.96. The fourth-order valence-electron chi connectivity index (χ4n) is 1.80. The lowest BCUT2D eigenvalue weighted by Gasteiger charge is -2.12. The van der Waals surface area contributed by atoms with Gasteiger partial charge in [-0.15, -0.1) is 0 Å². The number of rotatable bonds is 4.